The van der Waals surface area contributed by atoms with Crippen LogP contribution in [0.3, 0.4) is 0 Å². The van der Waals surface area contributed by atoms with Gasteiger partial charge in [0.25, 0.3) is 0 Å². The van der Waals surface area contributed by atoms with Crippen molar-refractivity contribution in [1.82, 2.24) is 15.5 Å². The van der Waals surface area contributed by atoms with Crippen molar-refractivity contribution >= 4 is 0 Å². The average molecular weight is 187 g/mol. The highest BCUT2D eigenvalue weighted by Gasteiger charge is 2.00. The molecule has 74 valence electrons. The van der Waals surface area contributed by atoms with Crippen LogP contribution in [0.15, 0.2) is 4.52 Å². The fraction of sp³-hybridized carbons (Fsp3) is 0.750. The second-order valence-electron chi connectivity index (χ2n) is 2.77. The summed E-state index contributed by atoms with van der Waals surface area (Å²) in [5.41, 5.74) is 0. The third-order valence-electron chi connectivity index (χ3n) is 1.58. The summed E-state index contributed by atoms with van der Waals surface area (Å²) in [6.45, 7) is 2.95. The van der Waals surface area contributed by atoms with Crippen LogP contribution in [0.1, 0.15) is 18.1 Å². The van der Waals surface area contributed by atoms with Gasteiger partial charge in [0.2, 0.25) is 5.89 Å². The number of nitrogens with one attached hydrogen (secondary N) is 1. The normalized spacial score (nSPS) is 10.6. The Hall–Kier alpha value is -0.970. The second kappa shape index (κ2) is 5.64. The first kappa shape index (κ1) is 10.1. The summed E-state index contributed by atoms with van der Waals surface area (Å²) in [4.78, 5) is 4.04. The summed E-state index contributed by atoms with van der Waals surface area (Å²) in [6.07, 6.45) is 1.29. The molecule has 0 bridgehead atoms. The molecule has 0 aliphatic heterocycles. The van der Waals surface area contributed by atoms with Crippen molar-refractivity contribution in [3.05, 3.63) is 11.7 Å². The fourth-order valence-corrected chi connectivity index (χ4v) is 0.960. The quantitative estimate of drug-likeness (QED) is 0.671. The number of aromatic nitrogens is 2. The molecule has 0 fully saturated rings. The molecule has 0 saturated carbocycles. The van der Waals surface area contributed by atoms with Gasteiger partial charge in [0.15, 0.2) is 5.82 Å². The average Bonchev–Trinajstić information content (AvgIpc) is 2.51. The number of hydrogen-bond acceptors (Lipinski definition) is 4. The van der Waals surface area contributed by atoms with Crippen molar-refractivity contribution in [3.8, 4) is 0 Å². The maximum Gasteiger partial charge on any atom is 0.223 e. The smallest absolute Gasteiger partial charge is 0.223 e. The van der Waals surface area contributed by atoms with Crippen LogP contribution in [0.4, 0.5) is 4.39 Å². The Morgan fingerprint density at radius 2 is 2.31 bits per heavy atom. The van der Waals surface area contributed by atoms with Crippen molar-refractivity contribution in [2.45, 2.75) is 19.8 Å². The number of rotatable bonds is 6. The Bertz CT molecular complexity index is 239. The van der Waals surface area contributed by atoms with Crippen molar-refractivity contribution in [1.29, 1.82) is 0 Å². The van der Waals surface area contributed by atoms with Crippen molar-refractivity contribution < 1.29 is 8.91 Å². The summed E-state index contributed by atoms with van der Waals surface area (Å²) in [7, 11) is 0. The van der Waals surface area contributed by atoms with Crippen LogP contribution in [-0.2, 0) is 6.42 Å². The van der Waals surface area contributed by atoms with Crippen LogP contribution in [0, 0.1) is 6.92 Å². The topological polar surface area (TPSA) is 51.0 Å². The van der Waals surface area contributed by atoms with Crippen molar-refractivity contribution in [3.63, 3.8) is 0 Å². The molecule has 1 aromatic rings. The minimum atomic E-state index is -0.270. The van der Waals surface area contributed by atoms with E-state index in [1.807, 2.05) is 0 Å². The second-order valence-corrected chi connectivity index (χ2v) is 2.77. The van der Waals surface area contributed by atoms with Gasteiger partial charge in [0.05, 0.1) is 6.67 Å². The van der Waals surface area contributed by atoms with Gasteiger partial charge in [-0.2, -0.15) is 4.98 Å². The molecule has 1 rings (SSSR count). The van der Waals surface area contributed by atoms with Gasteiger partial charge in [0, 0.05) is 19.9 Å². The van der Waals surface area contributed by atoms with Crippen LogP contribution < -0.4 is 5.32 Å². The third-order valence-corrected chi connectivity index (χ3v) is 1.58. The van der Waals surface area contributed by atoms with E-state index in [1.165, 1.54) is 0 Å². The molecule has 0 amide bonds. The Labute approximate surface area is 76.5 Å². The van der Waals surface area contributed by atoms with Gasteiger partial charge in [0.1, 0.15) is 0 Å². The maximum atomic E-state index is 11.7. The van der Waals surface area contributed by atoms with E-state index in [0.717, 1.165) is 13.0 Å². The molecule has 13 heavy (non-hydrogen) atoms. The molecule has 1 N–H and O–H groups in total. The molecule has 0 atom stereocenters. The van der Waals surface area contributed by atoms with E-state index in [9.17, 15) is 4.39 Å². The SMILES string of the molecule is Cc1nc(CCNCCCF)no1. The summed E-state index contributed by atoms with van der Waals surface area (Å²) in [5.74, 6) is 1.28. The number of aryl methyl sites for hydroxylation is 1. The van der Waals surface area contributed by atoms with Crippen molar-refractivity contribution in [2.75, 3.05) is 19.8 Å². The molecule has 0 aliphatic rings. The zero-order valence-corrected chi connectivity index (χ0v) is 7.72. The maximum absolute atomic E-state index is 11.7. The Morgan fingerprint density at radius 1 is 1.46 bits per heavy atom. The van der Waals surface area contributed by atoms with E-state index in [1.54, 1.807) is 6.92 Å². The molecule has 0 spiro atoms. The zero-order valence-electron chi connectivity index (χ0n) is 7.72. The standard InChI is InChI=1S/C8H14FN3O/c1-7-11-8(12-13-7)3-6-10-5-2-4-9/h10H,2-6H2,1H3. The molecular formula is C8H14FN3O. The Kier molecular flexibility index (Phi) is 4.39. The lowest BCUT2D eigenvalue weighted by molar-refractivity contribution is 0.386. The highest BCUT2D eigenvalue weighted by atomic mass is 19.1. The molecule has 0 aromatic carbocycles. The number of nitrogens with zero attached hydrogens (tertiary/aromatic N) is 2. The van der Waals surface area contributed by atoms with Gasteiger partial charge in [-0.1, -0.05) is 5.16 Å². The summed E-state index contributed by atoms with van der Waals surface area (Å²) < 4.78 is 16.5. The van der Waals surface area contributed by atoms with E-state index in [2.05, 4.69) is 15.5 Å². The molecular weight excluding hydrogens is 173 g/mol. The predicted molar refractivity (Wildman–Crippen MR) is 46.2 cm³/mol. The molecule has 5 heteroatoms. The minimum Gasteiger partial charge on any atom is -0.340 e. The van der Waals surface area contributed by atoms with Crippen LogP contribution in [0.25, 0.3) is 0 Å². The highest BCUT2D eigenvalue weighted by molar-refractivity contribution is 4.84. The van der Waals surface area contributed by atoms with Crippen molar-refractivity contribution in [2.24, 2.45) is 0 Å². The molecule has 0 radical (unpaired) electrons. The van der Waals surface area contributed by atoms with Gasteiger partial charge in [-0.05, 0) is 13.0 Å². The molecule has 4 nitrogen and oxygen atoms in total. The summed E-state index contributed by atoms with van der Waals surface area (Å²) >= 11 is 0. The van der Waals surface area contributed by atoms with E-state index in [0.29, 0.717) is 24.7 Å². The van der Waals surface area contributed by atoms with E-state index >= 15 is 0 Å². The molecule has 1 aromatic heterocycles. The van der Waals surface area contributed by atoms with Gasteiger partial charge in [-0.3, -0.25) is 4.39 Å². The number of alkyl halides is 1. The summed E-state index contributed by atoms with van der Waals surface area (Å²) in [6, 6.07) is 0. The molecule has 0 aliphatic carbocycles. The van der Waals surface area contributed by atoms with Gasteiger partial charge in [-0.15, -0.1) is 0 Å². The van der Waals surface area contributed by atoms with Crippen LogP contribution in [0.5, 0.6) is 0 Å². The van der Waals surface area contributed by atoms with Gasteiger partial charge in [-0.25, -0.2) is 0 Å². The first-order chi connectivity index (χ1) is 6.33. The highest BCUT2D eigenvalue weighted by Crippen LogP contribution is 1.94. The summed E-state index contributed by atoms with van der Waals surface area (Å²) in [5, 5.41) is 6.82. The lowest BCUT2D eigenvalue weighted by atomic mass is 10.4. The molecule has 0 unspecified atom stereocenters. The fourth-order valence-electron chi connectivity index (χ4n) is 0.960. The van der Waals surface area contributed by atoms with E-state index in [-0.39, 0.29) is 6.67 Å². The van der Waals surface area contributed by atoms with Crippen LogP contribution >= 0.6 is 0 Å². The van der Waals surface area contributed by atoms with Crippen LogP contribution in [0.2, 0.25) is 0 Å². The van der Waals surface area contributed by atoms with Gasteiger partial charge >= 0.3 is 0 Å². The lowest BCUT2D eigenvalue weighted by Crippen LogP contribution is -2.19. The molecule has 0 saturated heterocycles. The largest absolute Gasteiger partial charge is 0.340 e. The molecule has 1 heterocycles. The first-order valence-corrected chi connectivity index (χ1v) is 4.39. The first-order valence-electron chi connectivity index (χ1n) is 4.39. The Morgan fingerprint density at radius 3 is 2.92 bits per heavy atom. The zero-order chi connectivity index (χ0) is 9.52. The third kappa shape index (κ3) is 3.98. The Balaban J connectivity index is 2.06. The van der Waals surface area contributed by atoms with E-state index in [4.69, 9.17) is 4.52 Å². The lowest BCUT2D eigenvalue weighted by Gasteiger charge is -1.98. The van der Waals surface area contributed by atoms with Gasteiger partial charge < -0.3 is 9.84 Å². The monoisotopic (exact) mass is 187 g/mol. The predicted octanol–water partition coefficient (Wildman–Crippen LogP) is 0.870. The minimum absolute atomic E-state index is 0.270. The van der Waals surface area contributed by atoms with E-state index < -0.39 is 0 Å². The van der Waals surface area contributed by atoms with Crippen LogP contribution in [-0.4, -0.2) is 29.9 Å². The number of hydrogen-bond donors (Lipinski definition) is 1. The number of halogens is 1.